The highest BCUT2D eigenvalue weighted by atomic mass is 19.1. The Bertz CT molecular complexity index is 785. The third-order valence-corrected chi connectivity index (χ3v) is 5.32. The van der Waals surface area contributed by atoms with E-state index in [1.54, 1.807) is 12.1 Å². The van der Waals surface area contributed by atoms with Crippen LogP contribution in [0.3, 0.4) is 0 Å². The van der Waals surface area contributed by atoms with E-state index in [2.05, 4.69) is 51.3 Å². The number of halogens is 1. The molecular weight excluding hydrogens is 355 g/mol. The Morgan fingerprint density at radius 1 is 1.11 bits per heavy atom. The molecule has 28 heavy (non-hydrogen) atoms. The van der Waals surface area contributed by atoms with Crippen LogP contribution in [-0.2, 0) is 0 Å². The molecule has 0 spiro atoms. The number of hydrogen-bond acceptors (Lipinski definition) is 4. The second-order valence-corrected chi connectivity index (χ2v) is 7.56. The van der Waals surface area contributed by atoms with Crippen LogP contribution < -0.4 is 10.2 Å². The molecule has 1 N–H and O–H groups in total. The van der Waals surface area contributed by atoms with Crippen LogP contribution in [0.5, 0.6) is 0 Å². The zero-order chi connectivity index (χ0) is 20.1. The zero-order valence-corrected chi connectivity index (χ0v) is 16.9. The average Bonchev–Trinajstić information content (AvgIpc) is 2.69. The molecule has 5 nitrogen and oxygen atoms in total. The summed E-state index contributed by atoms with van der Waals surface area (Å²) in [5, 5.41) is 3.00. The number of carbonyl (C=O) groups is 1. The maximum atomic E-state index is 13.4. The Morgan fingerprint density at radius 3 is 2.39 bits per heavy atom. The molecule has 0 saturated carbocycles. The van der Waals surface area contributed by atoms with Crippen LogP contribution in [-0.4, -0.2) is 69.6 Å². The van der Waals surface area contributed by atoms with Crippen LogP contribution in [0.4, 0.5) is 10.1 Å². The third kappa shape index (κ3) is 5.09. The van der Waals surface area contributed by atoms with Gasteiger partial charge in [-0.2, -0.15) is 0 Å². The van der Waals surface area contributed by atoms with Gasteiger partial charge in [0.05, 0.1) is 6.04 Å². The number of nitrogens with zero attached hydrogens (tertiary/aromatic N) is 3. The molecule has 1 saturated heterocycles. The van der Waals surface area contributed by atoms with Crippen molar-refractivity contribution in [2.24, 2.45) is 0 Å². The van der Waals surface area contributed by atoms with Gasteiger partial charge in [-0.1, -0.05) is 18.2 Å². The highest BCUT2D eigenvalue weighted by Gasteiger charge is 2.24. The van der Waals surface area contributed by atoms with Crippen LogP contribution >= 0.6 is 0 Å². The number of amides is 1. The van der Waals surface area contributed by atoms with Gasteiger partial charge in [-0.3, -0.25) is 9.69 Å². The molecule has 2 aromatic rings. The molecule has 0 radical (unpaired) electrons. The molecule has 1 aliphatic heterocycles. The lowest BCUT2D eigenvalue weighted by molar-refractivity contribution is 0.0886. The topological polar surface area (TPSA) is 38.8 Å². The van der Waals surface area contributed by atoms with E-state index >= 15 is 0 Å². The lowest BCUT2D eigenvalue weighted by Crippen LogP contribution is -2.48. The molecule has 6 heteroatoms. The minimum Gasteiger partial charge on any atom is -0.378 e. The van der Waals surface area contributed by atoms with Gasteiger partial charge in [-0.05, 0) is 42.9 Å². The van der Waals surface area contributed by atoms with Crippen molar-refractivity contribution in [3.05, 3.63) is 65.5 Å². The van der Waals surface area contributed by atoms with Gasteiger partial charge in [0, 0.05) is 58.1 Å². The molecule has 0 aliphatic carbocycles. The summed E-state index contributed by atoms with van der Waals surface area (Å²) in [4.78, 5) is 19.3. The number of likely N-dealkylation sites (N-methyl/N-ethyl adjacent to an activating group) is 1. The minimum absolute atomic E-state index is 0.0856. The van der Waals surface area contributed by atoms with Gasteiger partial charge in [0.1, 0.15) is 5.82 Å². The summed E-state index contributed by atoms with van der Waals surface area (Å²) >= 11 is 0. The van der Waals surface area contributed by atoms with Gasteiger partial charge in [0.2, 0.25) is 0 Å². The van der Waals surface area contributed by atoms with Crippen molar-refractivity contribution in [3.63, 3.8) is 0 Å². The molecule has 1 aliphatic rings. The smallest absolute Gasteiger partial charge is 0.251 e. The van der Waals surface area contributed by atoms with Gasteiger partial charge >= 0.3 is 0 Å². The lowest BCUT2D eigenvalue weighted by Gasteiger charge is -2.38. The van der Waals surface area contributed by atoms with Crippen molar-refractivity contribution in [2.45, 2.75) is 6.04 Å². The molecule has 0 unspecified atom stereocenters. The normalized spacial score (nSPS) is 16.6. The molecule has 1 amide bonds. The fourth-order valence-electron chi connectivity index (χ4n) is 3.51. The predicted molar refractivity (Wildman–Crippen MR) is 111 cm³/mol. The first-order valence-corrected chi connectivity index (χ1v) is 9.67. The largest absolute Gasteiger partial charge is 0.378 e. The first-order chi connectivity index (χ1) is 13.4. The Morgan fingerprint density at radius 2 is 1.79 bits per heavy atom. The van der Waals surface area contributed by atoms with Crippen LogP contribution in [0.2, 0.25) is 0 Å². The number of benzene rings is 2. The summed E-state index contributed by atoms with van der Waals surface area (Å²) in [5.41, 5.74) is 2.67. The minimum atomic E-state index is -0.400. The number of piperazine rings is 1. The summed E-state index contributed by atoms with van der Waals surface area (Å²) in [6.45, 7) is 4.40. The van der Waals surface area contributed by atoms with Crippen LogP contribution in [0, 0.1) is 5.82 Å². The SMILES string of the molecule is CN1CCN([C@@H](CNC(=O)c2cccc(F)c2)c2ccc(N(C)C)cc2)CC1. The molecule has 150 valence electrons. The maximum Gasteiger partial charge on any atom is 0.251 e. The van der Waals surface area contributed by atoms with Crippen molar-refractivity contribution >= 4 is 11.6 Å². The van der Waals surface area contributed by atoms with E-state index in [0.29, 0.717) is 12.1 Å². The highest BCUT2D eigenvalue weighted by molar-refractivity contribution is 5.94. The molecule has 3 rings (SSSR count). The number of nitrogens with one attached hydrogen (secondary N) is 1. The molecule has 2 aromatic carbocycles. The van der Waals surface area contributed by atoms with Crippen LogP contribution in [0.15, 0.2) is 48.5 Å². The van der Waals surface area contributed by atoms with E-state index in [-0.39, 0.29) is 11.9 Å². The van der Waals surface area contributed by atoms with Crippen molar-refractivity contribution in [1.82, 2.24) is 15.1 Å². The standard InChI is InChI=1S/C22H29FN4O/c1-25(2)20-9-7-17(8-10-20)21(27-13-11-26(3)12-14-27)16-24-22(28)18-5-4-6-19(23)15-18/h4-10,15,21H,11-14,16H2,1-3H3,(H,24,28)/t21-/m0/s1. The van der Waals surface area contributed by atoms with Gasteiger partial charge in [-0.25, -0.2) is 4.39 Å². The molecule has 0 aromatic heterocycles. The number of anilines is 1. The number of rotatable bonds is 6. The van der Waals surface area contributed by atoms with Gasteiger partial charge in [-0.15, -0.1) is 0 Å². The van der Waals surface area contributed by atoms with Gasteiger partial charge in [0.25, 0.3) is 5.91 Å². The maximum absolute atomic E-state index is 13.4. The van der Waals surface area contributed by atoms with Crippen LogP contribution in [0.1, 0.15) is 22.0 Å². The summed E-state index contributed by atoms with van der Waals surface area (Å²) in [6.07, 6.45) is 0. The third-order valence-electron chi connectivity index (χ3n) is 5.32. The molecular formula is C22H29FN4O. The summed E-state index contributed by atoms with van der Waals surface area (Å²) < 4.78 is 13.4. The van der Waals surface area contributed by atoms with E-state index < -0.39 is 5.82 Å². The van der Waals surface area contributed by atoms with Gasteiger partial charge in [0.15, 0.2) is 0 Å². The number of carbonyl (C=O) groups excluding carboxylic acids is 1. The Hall–Kier alpha value is -2.44. The van der Waals surface area contributed by atoms with E-state index in [4.69, 9.17) is 0 Å². The summed E-state index contributed by atoms with van der Waals surface area (Å²) in [7, 11) is 6.17. The first-order valence-electron chi connectivity index (χ1n) is 9.67. The van der Waals surface area contributed by atoms with E-state index in [1.165, 1.54) is 17.7 Å². The van der Waals surface area contributed by atoms with E-state index in [1.807, 2.05) is 14.1 Å². The first kappa shape index (κ1) is 20.3. The van der Waals surface area contributed by atoms with Crippen molar-refractivity contribution in [2.75, 3.05) is 58.8 Å². The Balaban J connectivity index is 1.75. The average molecular weight is 384 g/mol. The quantitative estimate of drug-likeness (QED) is 0.831. The molecule has 0 bridgehead atoms. The summed E-state index contributed by atoms with van der Waals surface area (Å²) in [5.74, 6) is -0.647. The van der Waals surface area contributed by atoms with Crippen LogP contribution in [0.25, 0.3) is 0 Å². The fourth-order valence-corrected chi connectivity index (χ4v) is 3.51. The Labute approximate surface area is 166 Å². The van der Waals surface area contributed by atoms with E-state index in [9.17, 15) is 9.18 Å². The second kappa shape index (κ2) is 9.17. The predicted octanol–water partition coefficient (Wildman–Crippen LogP) is 2.61. The van der Waals surface area contributed by atoms with Crippen molar-refractivity contribution in [1.29, 1.82) is 0 Å². The van der Waals surface area contributed by atoms with Gasteiger partial charge < -0.3 is 15.1 Å². The molecule has 1 heterocycles. The Kier molecular flexibility index (Phi) is 6.65. The fraction of sp³-hybridized carbons (Fsp3) is 0.409. The van der Waals surface area contributed by atoms with Crippen molar-refractivity contribution < 1.29 is 9.18 Å². The number of hydrogen-bond donors (Lipinski definition) is 1. The second-order valence-electron chi connectivity index (χ2n) is 7.56. The van der Waals surface area contributed by atoms with E-state index in [0.717, 1.165) is 31.9 Å². The zero-order valence-electron chi connectivity index (χ0n) is 16.9. The van der Waals surface area contributed by atoms with Crippen molar-refractivity contribution in [3.8, 4) is 0 Å². The molecule has 1 fully saturated rings. The monoisotopic (exact) mass is 384 g/mol. The highest BCUT2D eigenvalue weighted by Crippen LogP contribution is 2.24. The molecule has 1 atom stereocenters. The summed E-state index contributed by atoms with van der Waals surface area (Å²) in [6, 6.07) is 14.4. The lowest BCUT2D eigenvalue weighted by atomic mass is 10.0.